The van der Waals surface area contributed by atoms with Crippen molar-refractivity contribution in [1.82, 2.24) is 0 Å². The second-order valence-corrected chi connectivity index (χ2v) is 11.1. The molecule has 0 aromatic heterocycles. The number of hydrogen-bond donors (Lipinski definition) is 0. The molecule has 0 spiro atoms. The van der Waals surface area contributed by atoms with E-state index in [1.807, 2.05) is 0 Å². The number of hydrogen-bond acceptors (Lipinski definition) is 0. The van der Waals surface area contributed by atoms with Gasteiger partial charge < -0.3 is 14.9 Å². The molecule has 5 rings (SSSR count). The third-order valence-corrected chi connectivity index (χ3v) is 7.07. The second-order valence-electron chi connectivity index (χ2n) is 11.1. The number of fused-ring (bicyclic) bond motifs is 2. The molecule has 5 aromatic carbocycles. The fourth-order valence-electron chi connectivity index (χ4n) is 4.79. The molecule has 0 unspecified atom stereocenters. The predicted molar refractivity (Wildman–Crippen MR) is 175 cm³/mol. The van der Waals surface area contributed by atoms with E-state index >= 15 is 0 Å². The number of rotatable bonds is 5. The normalized spacial score (nSPS) is 10.6. The average molecular weight is 610 g/mol. The summed E-state index contributed by atoms with van der Waals surface area (Å²) in [5, 5.41) is 5.54. The summed E-state index contributed by atoms with van der Waals surface area (Å²) in [6, 6.07) is 33.5. The van der Waals surface area contributed by atoms with Crippen LogP contribution in [0.2, 0.25) is 0 Å². The fourth-order valence-corrected chi connectivity index (χ4v) is 4.79. The fraction of sp³-hybridized carbons (Fsp3) is 0.297. The van der Waals surface area contributed by atoms with Crippen LogP contribution in [0.4, 0.5) is 0 Å². The molecule has 0 aliphatic heterocycles. The minimum absolute atomic E-state index is 0. The zero-order valence-corrected chi connectivity index (χ0v) is 28.8. The van der Waals surface area contributed by atoms with Gasteiger partial charge in [-0.25, -0.2) is 0 Å². The Bertz CT molecular complexity index is 1390. The first kappa shape index (κ1) is 35.0. The SMILES string of the molecule is CC(C)c1cc2c(-c3ccc(C(C)(C)C)cc3)cccc2[cH-]1.CCCCc1c[cH-]c2ccccc12.[CH3-].[CH3-].[Si]=[Zr]. The van der Waals surface area contributed by atoms with Gasteiger partial charge in [0, 0.05) is 0 Å². The summed E-state index contributed by atoms with van der Waals surface area (Å²) in [7, 11) is 0. The molecule has 0 atom stereocenters. The van der Waals surface area contributed by atoms with Crippen LogP contribution in [-0.2, 0) is 35.2 Å². The minimum atomic E-state index is 0. The van der Waals surface area contributed by atoms with Gasteiger partial charge in [-0.15, -0.1) is 75.6 Å². The van der Waals surface area contributed by atoms with E-state index in [-0.39, 0.29) is 20.3 Å². The van der Waals surface area contributed by atoms with Gasteiger partial charge >= 0.3 is 30.2 Å². The molecule has 0 amide bonds. The Balaban J connectivity index is 0.000000386. The Morgan fingerprint density at radius 1 is 0.821 bits per heavy atom. The zero-order valence-electron chi connectivity index (χ0n) is 25.4. The average Bonchev–Trinajstić information content (AvgIpc) is 3.53. The van der Waals surface area contributed by atoms with Crippen LogP contribution in [0.25, 0.3) is 32.7 Å². The summed E-state index contributed by atoms with van der Waals surface area (Å²) in [6.45, 7) is 16.6. The van der Waals surface area contributed by atoms with Gasteiger partial charge in [-0.3, -0.25) is 0 Å². The van der Waals surface area contributed by atoms with E-state index in [0.717, 1.165) is 0 Å². The quantitative estimate of drug-likeness (QED) is 0.137. The number of aryl methyl sites for hydroxylation is 1. The van der Waals surface area contributed by atoms with Gasteiger partial charge in [-0.2, -0.15) is 11.6 Å². The molecular formula is C37H46SiZr-4. The number of benzene rings is 3. The van der Waals surface area contributed by atoms with Crippen LogP contribution in [0.3, 0.4) is 0 Å². The van der Waals surface area contributed by atoms with E-state index < -0.39 is 0 Å². The van der Waals surface area contributed by atoms with Crippen LogP contribution in [0, 0.1) is 14.9 Å². The first-order valence-electron chi connectivity index (χ1n) is 13.5. The number of unbranched alkanes of at least 4 members (excludes halogenated alkanes) is 1. The van der Waals surface area contributed by atoms with E-state index in [9.17, 15) is 0 Å². The van der Waals surface area contributed by atoms with Crippen LogP contribution in [0.1, 0.15) is 77.0 Å². The Hall–Kier alpha value is -2.02. The van der Waals surface area contributed by atoms with Gasteiger partial charge in [0.2, 0.25) is 0 Å². The van der Waals surface area contributed by atoms with Crippen LogP contribution >= 0.6 is 0 Å². The van der Waals surface area contributed by atoms with E-state index in [1.165, 1.54) is 92.0 Å². The third kappa shape index (κ3) is 8.99. The molecule has 39 heavy (non-hydrogen) atoms. The van der Waals surface area contributed by atoms with Crippen LogP contribution in [0.15, 0.2) is 91.0 Å². The Morgan fingerprint density at radius 2 is 1.46 bits per heavy atom. The Kier molecular flexibility index (Phi) is 14.6. The van der Waals surface area contributed by atoms with Gasteiger partial charge in [0.25, 0.3) is 0 Å². The molecule has 0 saturated carbocycles. The van der Waals surface area contributed by atoms with Crippen LogP contribution in [0.5, 0.6) is 0 Å². The van der Waals surface area contributed by atoms with E-state index in [0.29, 0.717) is 5.92 Å². The Morgan fingerprint density at radius 3 is 2.08 bits per heavy atom. The molecular weight excluding hydrogens is 564 g/mol. The van der Waals surface area contributed by atoms with Gasteiger partial charge in [-0.1, -0.05) is 103 Å². The zero-order chi connectivity index (χ0) is 27.0. The molecule has 0 N–H and O–H groups in total. The molecule has 0 saturated heterocycles. The topological polar surface area (TPSA) is 0 Å². The van der Waals surface area contributed by atoms with Crippen LogP contribution in [-0.4, -0.2) is 6.88 Å². The molecule has 0 aliphatic carbocycles. The van der Waals surface area contributed by atoms with E-state index in [2.05, 4.69) is 139 Å². The van der Waals surface area contributed by atoms with Crippen molar-refractivity contribution in [2.75, 3.05) is 0 Å². The van der Waals surface area contributed by atoms with Gasteiger partial charge in [-0.05, 0) is 22.5 Å². The van der Waals surface area contributed by atoms with Gasteiger partial charge in [0.15, 0.2) is 0 Å². The molecule has 0 aliphatic rings. The summed E-state index contributed by atoms with van der Waals surface area (Å²) in [5.41, 5.74) is 7.17. The first-order chi connectivity index (χ1) is 17.8. The molecule has 5 aromatic rings. The molecule has 2 radical (unpaired) electrons. The Labute approximate surface area is 256 Å². The summed E-state index contributed by atoms with van der Waals surface area (Å²) < 4.78 is 0. The molecule has 0 nitrogen and oxygen atoms in total. The molecule has 206 valence electrons. The van der Waals surface area contributed by atoms with Crippen molar-refractivity contribution in [3.8, 4) is 11.1 Å². The van der Waals surface area contributed by atoms with Gasteiger partial charge in [0.05, 0.1) is 0 Å². The van der Waals surface area contributed by atoms with Crippen molar-refractivity contribution in [2.24, 2.45) is 0 Å². The van der Waals surface area contributed by atoms with Crippen molar-refractivity contribution >= 4 is 28.4 Å². The van der Waals surface area contributed by atoms with Gasteiger partial charge in [0.1, 0.15) is 0 Å². The monoisotopic (exact) mass is 608 g/mol. The maximum atomic E-state index is 3.06. The standard InChI is InChI=1S/C22H25.C13H15.2CH3.Si.Zr/c1-15(2)18-13-17-7-6-8-20(21(17)14-18)16-9-11-19(12-10-16)22(3,4)5;1-2-3-6-11-9-10-12-7-4-5-8-13(11)12;;;;/h6-15H,1-5H3;4-5,7-10H,2-3,6H2,1H3;2*1H3;;/q4*-1;;. The van der Waals surface area contributed by atoms with E-state index in [4.69, 9.17) is 0 Å². The van der Waals surface area contributed by atoms with Crippen molar-refractivity contribution in [3.05, 3.63) is 123 Å². The summed E-state index contributed by atoms with van der Waals surface area (Å²) >= 11 is 1.36. The maximum absolute atomic E-state index is 3.06. The van der Waals surface area contributed by atoms with E-state index in [1.54, 1.807) is 0 Å². The first-order valence-corrected chi connectivity index (χ1v) is 17.6. The second kappa shape index (κ2) is 16.3. The summed E-state index contributed by atoms with van der Waals surface area (Å²) in [5.74, 6) is 0.573. The summed E-state index contributed by atoms with van der Waals surface area (Å²) in [6.07, 6.45) is 3.80. The van der Waals surface area contributed by atoms with Crippen LogP contribution < -0.4 is 0 Å². The molecule has 0 bridgehead atoms. The van der Waals surface area contributed by atoms with Crippen molar-refractivity contribution in [3.63, 3.8) is 0 Å². The molecule has 0 fully saturated rings. The van der Waals surface area contributed by atoms with Crippen molar-refractivity contribution in [1.29, 1.82) is 0 Å². The molecule has 2 heteroatoms. The molecule has 0 heterocycles. The van der Waals surface area contributed by atoms with Crippen molar-refractivity contribution < 1.29 is 23.3 Å². The predicted octanol–water partition coefficient (Wildman–Crippen LogP) is 11.1. The summed E-state index contributed by atoms with van der Waals surface area (Å²) in [4.78, 5) is 0. The van der Waals surface area contributed by atoms with Crippen molar-refractivity contribution in [2.45, 2.75) is 72.1 Å². The third-order valence-electron chi connectivity index (χ3n) is 7.07.